The van der Waals surface area contributed by atoms with Gasteiger partial charge in [0.05, 0.1) is 6.54 Å². The van der Waals surface area contributed by atoms with Crippen molar-refractivity contribution < 1.29 is 4.79 Å². The zero-order valence-electron chi connectivity index (χ0n) is 9.11. The van der Waals surface area contributed by atoms with E-state index in [-0.39, 0.29) is 19.0 Å². The van der Waals surface area contributed by atoms with Crippen LogP contribution >= 0.6 is 11.6 Å². The van der Waals surface area contributed by atoms with Crippen LogP contribution in [-0.4, -0.2) is 17.0 Å². The third-order valence-electron chi connectivity index (χ3n) is 2.43. The van der Waals surface area contributed by atoms with E-state index in [0.717, 1.165) is 10.9 Å². The highest BCUT2D eigenvalue weighted by molar-refractivity contribution is 6.31. The van der Waals surface area contributed by atoms with Crippen LogP contribution in [0, 0.1) is 12.3 Å². The Kier molecular flexibility index (Phi) is 3.36. The van der Waals surface area contributed by atoms with E-state index in [1.54, 1.807) is 6.07 Å². The molecular formula is C13H11ClN2O. The Morgan fingerprint density at radius 1 is 1.47 bits per heavy atom. The van der Waals surface area contributed by atoms with E-state index < -0.39 is 0 Å². The molecule has 0 spiro atoms. The summed E-state index contributed by atoms with van der Waals surface area (Å²) < 4.78 is 1.86. The lowest BCUT2D eigenvalue weighted by atomic mass is 10.2. The highest BCUT2D eigenvalue weighted by Gasteiger charge is 2.05. The number of amides is 1. The number of hydrogen-bond acceptors (Lipinski definition) is 1. The van der Waals surface area contributed by atoms with E-state index in [4.69, 9.17) is 18.0 Å². The van der Waals surface area contributed by atoms with Gasteiger partial charge in [0, 0.05) is 22.1 Å². The van der Waals surface area contributed by atoms with Crippen LogP contribution in [0.4, 0.5) is 0 Å². The maximum atomic E-state index is 11.5. The Bertz CT molecular complexity index is 595. The van der Waals surface area contributed by atoms with E-state index in [1.807, 2.05) is 29.0 Å². The van der Waals surface area contributed by atoms with Crippen molar-refractivity contribution in [2.24, 2.45) is 0 Å². The van der Waals surface area contributed by atoms with Crippen molar-refractivity contribution in [3.63, 3.8) is 0 Å². The lowest BCUT2D eigenvalue weighted by molar-refractivity contribution is -0.121. The molecule has 1 amide bonds. The van der Waals surface area contributed by atoms with Gasteiger partial charge in [-0.2, -0.15) is 0 Å². The Balaban J connectivity index is 2.20. The number of terminal acetylenes is 1. The molecule has 1 heterocycles. The molecule has 1 N–H and O–H groups in total. The largest absolute Gasteiger partial charge is 0.344 e. The lowest BCUT2D eigenvalue weighted by Crippen LogP contribution is -2.27. The first-order chi connectivity index (χ1) is 8.20. The fourth-order valence-electron chi connectivity index (χ4n) is 1.67. The first-order valence-electron chi connectivity index (χ1n) is 5.15. The van der Waals surface area contributed by atoms with Crippen LogP contribution in [0.15, 0.2) is 30.5 Å². The second-order valence-corrected chi connectivity index (χ2v) is 4.06. The molecule has 86 valence electrons. The first kappa shape index (κ1) is 11.6. The van der Waals surface area contributed by atoms with Crippen LogP contribution in [0.1, 0.15) is 0 Å². The van der Waals surface area contributed by atoms with Crippen LogP contribution in [0.25, 0.3) is 10.9 Å². The Hall–Kier alpha value is -1.92. The second-order valence-electron chi connectivity index (χ2n) is 3.63. The van der Waals surface area contributed by atoms with Gasteiger partial charge in [-0.25, -0.2) is 0 Å². The molecule has 0 saturated carbocycles. The predicted molar refractivity (Wildman–Crippen MR) is 68.8 cm³/mol. The molecule has 0 atom stereocenters. The standard InChI is InChI=1S/C13H11ClN2O/c1-2-6-15-13(17)9-16-7-5-10-8-11(14)3-4-12(10)16/h1,3-5,7-8H,6,9H2,(H,15,17). The van der Waals surface area contributed by atoms with E-state index >= 15 is 0 Å². The summed E-state index contributed by atoms with van der Waals surface area (Å²) >= 11 is 5.89. The minimum absolute atomic E-state index is 0.101. The number of aromatic nitrogens is 1. The maximum absolute atomic E-state index is 11.5. The highest BCUT2D eigenvalue weighted by Crippen LogP contribution is 2.20. The number of hydrogen-bond donors (Lipinski definition) is 1. The molecule has 17 heavy (non-hydrogen) atoms. The molecule has 2 rings (SSSR count). The number of halogens is 1. The van der Waals surface area contributed by atoms with Crippen LogP contribution < -0.4 is 5.32 Å². The van der Waals surface area contributed by atoms with Crippen LogP contribution in [0.5, 0.6) is 0 Å². The molecular weight excluding hydrogens is 236 g/mol. The van der Waals surface area contributed by atoms with Gasteiger partial charge >= 0.3 is 0 Å². The fourth-order valence-corrected chi connectivity index (χ4v) is 1.85. The monoisotopic (exact) mass is 246 g/mol. The number of fused-ring (bicyclic) bond motifs is 1. The van der Waals surface area contributed by atoms with Gasteiger partial charge in [-0.1, -0.05) is 17.5 Å². The molecule has 0 unspecified atom stereocenters. The third-order valence-corrected chi connectivity index (χ3v) is 2.67. The smallest absolute Gasteiger partial charge is 0.240 e. The quantitative estimate of drug-likeness (QED) is 0.827. The lowest BCUT2D eigenvalue weighted by Gasteiger charge is -2.05. The molecule has 0 bridgehead atoms. The number of nitrogens with one attached hydrogen (secondary N) is 1. The number of carbonyl (C=O) groups is 1. The van der Waals surface area contributed by atoms with Gasteiger partial charge in [-0.3, -0.25) is 4.79 Å². The van der Waals surface area contributed by atoms with Crippen molar-refractivity contribution >= 4 is 28.4 Å². The minimum atomic E-state index is -0.101. The van der Waals surface area contributed by atoms with Crippen LogP contribution in [0.2, 0.25) is 5.02 Å². The van der Waals surface area contributed by atoms with Crippen LogP contribution in [0.3, 0.4) is 0 Å². The summed E-state index contributed by atoms with van der Waals surface area (Å²) in [6, 6.07) is 7.49. The molecule has 0 aliphatic carbocycles. The van der Waals surface area contributed by atoms with Crippen LogP contribution in [-0.2, 0) is 11.3 Å². The van der Waals surface area contributed by atoms with Crippen molar-refractivity contribution in [2.45, 2.75) is 6.54 Å². The molecule has 4 heteroatoms. The van der Waals surface area contributed by atoms with Gasteiger partial charge in [0.15, 0.2) is 0 Å². The van der Waals surface area contributed by atoms with E-state index in [2.05, 4.69) is 11.2 Å². The molecule has 0 fully saturated rings. The Labute approximate surface area is 104 Å². The van der Waals surface area contributed by atoms with Crippen molar-refractivity contribution in [3.05, 3.63) is 35.5 Å². The number of benzene rings is 1. The van der Waals surface area contributed by atoms with Gasteiger partial charge < -0.3 is 9.88 Å². The first-order valence-corrected chi connectivity index (χ1v) is 5.53. The third kappa shape index (κ3) is 2.61. The number of rotatable bonds is 3. The number of nitrogens with zero attached hydrogens (tertiary/aromatic N) is 1. The van der Waals surface area contributed by atoms with E-state index in [0.29, 0.717) is 5.02 Å². The number of carbonyl (C=O) groups excluding carboxylic acids is 1. The summed E-state index contributed by atoms with van der Waals surface area (Å²) in [7, 11) is 0. The van der Waals surface area contributed by atoms with Gasteiger partial charge in [0.2, 0.25) is 5.91 Å². The zero-order valence-corrected chi connectivity index (χ0v) is 9.87. The summed E-state index contributed by atoms with van der Waals surface area (Å²) in [5.74, 6) is 2.26. The predicted octanol–water partition coefficient (Wildman–Crippen LogP) is 2.04. The minimum Gasteiger partial charge on any atom is -0.344 e. The molecule has 1 aromatic heterocycles. The van der Waals surface area contributed by atoms with Gasteiger partial charge in [-0.15, -0.1) is 6.42 Å². The molecule has 2 aromatic rings. The molecule has 0 radical (unpaired) electrons. The second kappa shape index (κ2) is 4.94. The van der Waals surface area contributed by atoms with Gasteiger partial charge in [0.1, 0.15) is 6.54 Å². The summed E-state index contributed by atoms with van der Waals surface area (Å²) in [5.41, 5.74) is 0.977. The Morgan fingerprint density at radius 3 is 3.06 bits per heavy atom. The summed E-state index contributed by atoms with van der Waals surface area (Å²) in [6.07, 6.45) is 6.93. The van der Waals surface area contributed by atoms with Gasteiger partial charge in [-0.05, 0) is 24.3 Å². The Morgan fingerprint density at radius 2 is 2.29 bits per heavy atom. The molecule has 3 nitrogen and oxygen atoms in total. The van der Waals surface area contributed by atoms with E-state index in [9.17, 15) is 4.79 Å². The van der Waals surface area contributed by atoms with Crippen molar-refractivity contribution in [1.82, 2.24) is 9.88 Å². The highest BCUT2D eigenvalue weighted by atomic mass is 35.5. The molecule has 0 saturated heterocycles. The maximum Gasteiger partial charge on any atom is 0.240 e. The van der Waals surface area contributed by atoms with E-state index in [1.165, 1.54) is 0 Å². The zero-order chi connectivity index (χ0) is 12.3. The fraction of sp³-hybridized carbons (Fsp3) is 0.154. The SMILES string of the molecule is C#CCNC(=O)Cn1ccc2cc(Cl)ccc21. The molecule has 1 aromatic carbocycles. The topological polar surface area (TPSA) is 34.0 Å². The van der Waals surface area contributed by atoms with Gasteiger partial charge in [0.25, 0.3) is 0 Å². The normalized spacial score (nSPS) is 10.1. The van der Waals surface area contributed by atoms with Crippen molar-refractivity contribution in [2.75, 3.05) is 6.54 Å². The summed E-state index contributed by atoms with van der Waals surface area (Å²) in [4.78, 5) is 11.5. The molecule has 0 aliphatic rings. The molecule has 0 aliphatic heterocycles. The summed E-state index contributed by atoms with van der Waals surface area (Å²) in [5, 5.41) is 4.33. The van der Waals surface area contributed by atoms with Crippen molar-refractivity contribution in [3.8, 4) is 12.3 Å². The average Bonchev–Trinajstić information content (AvgIpc) is 2.69. The summed E-state index contributed by atoms with van der Waals surface area (Å²) in [6.45, 7) is 0.511. The van der Waals surface area contributed by atoms with Crippen molar-refractivity contribution in [1.29, 1.82) is 0 Å². The average molecular weight is 247 g/mol.